The normalized spacial score (nSPS) is 20.3. The fourth-order valence-electron chi connectivity index (χ4n) is 2.52. The molecule has 1 unspecified atom stereocenters. The van der Waals surface area contributed by atoms with E-state index in [1.807, 2.05) is 0 Å². The molecule has 126 valence electrons. The first-order chi connectivity index (χ1) is 9.56. The maximum absolute atomic E-state index is 12.8. The third kappa shape index (κ3) is 4.30. The number of nitrogens with one attached hydrogen (secondary N) is 1. The van der Waals surface area contributed by atoms with E-state index in [1.165, 1.54) is 21.2 Å². The molecular formula is C12H23F3N2O3S. The zero-order chi connectivity index (χ0) is 16.3. The van der Waals surface area contributed by atoms with E-state index in [2.05, 4.69) is 4.72 Å². The van der Waals surface area contributed by atoms with Crippen molar-refractivity contribution in [3.63, 3.8) is 0 Å². The van der Waals surface area contributed by atoms with Crippen molar-refractivity contribution < 1.29 is 26.3 Å². The average Bonchev–Trinajstić information content (AvgIpc) is 2.26. The number of hydrogen-bond donors (Lipinski definition) is 1. The molecule has 0 amide bonds. The SMILES string of the molecule is COCC1(S(=O)(=O)NCCC(N(C)C)C(F)(F)F)CCC1. The van der Waals surface area contributed by atoms with Gasteiger partial charge in [-0.05, 0) is 33.4 Å². The van der Waals surface area contributed by atoms with Crippen molar-refractivity contribution in [2.24, 2.45) is 0 Å². The van der Waals surface area contributed by atoms with Crippen LogP contribution in [0.3, 0.4) is 0 Å². The van der Waals surface area contributed by atoms with Crippen LogP contribution < -0.4 is 4.72 Å². The summed E-state index contributed by atoms with van der Waals surface area (Å²) in [6, 6.07) is -1.67. The minimum Gasteiger partial charge on any atom is -0.383 e. The van der Waals surface area contributed by atoms with Gasteiger partial charge in [0.25, 0.3) is 0 Å². The summed E-state index contributed by atoms with van der Waals surface area (Å²) < 4.78 is 69.1. The fraction of sp³-hybridized carbons (Fsp3) is 1.00. The minimum atomic E-state index is -4.38. The Morgan fingerprint density at radius 1 is 1.33 bits per heavy atom. The number of sulfonamides is 1. The smallest absolute Gasteiger partial charge is 0.383 e. The van der Waals surface area contributed by atoms with Crippen LogP contribution in [-0.4, -0.2) is 64.6 Å². The molecule has 9 heteroatoms. The molecule has 5 nitrogen and oxygen atoms in total. The minimum absolute atomic E-state index is 0.0682. The Hall–Kier alpha value is -0.380. The number of hydrogen-bond acceptors (Lipinski definition) is 4. The lowest BCUT2D eigenvalue weighted by molar-refractivity contribution is -0.178. The first kappa shape index (κ1) is 18.7. The van der Waals surface area contributed by atoms with Crippen LogP contribution >= 0.6 is 0 Å². The quantitative estimate of drug-likeness (QED) is 0.729. The topological polar surface area (TPSA) is 58.6 Å². The lowest BCUT2D eigenvalue weighted by Crippen LogP contribution is -2.55. The molecule has 0 aromatic heterocycles. The second kappa shape index (κ2) is 6.80. The molecule has 1 saturated carbocycles. The molecule has 1 aliphatic rings. The molecule has 0 bridgehead atoms. The van der Waals surface area contributed by atoms with E-state index in [-0.39, 0.29) is 19.6 Å². The van der Waals surface area contributed by atoms with Crippen LogP contribution in [0.1, 0.15) is 25.7 Å². The van der Waals surface area contributed by atoms with Crippen molar-refractivity contribution in [2.75, 3.05) is 34.4 Å². The van der Waals surface area contributed by atoms with Gasteiger partial charge in [-0.15, -0.1) is 0 Å². The Morgan fingerprint density at radius 3 is 2.24 bits per heavy atom. The van der Waals surface area contributed by atoms with Gasteiger partial charge in [-0.25, -0.2) is 13.1 Å². The van der Waals surface area contributed by atoms with Crippen molar-refractivity contribution in [1.82, 2.24) is 9.62 Å². The molecule has 0 spiro atoms. The fourth-order valence-corrected chi connectivity index (χ4v) is 4.31. The van der Waals surface area contributed by atoms with Gasteiger partial charge in [0.05, 0.1) is 6.61 Å². The van der Waals surface area contributed by atoms with Gasteiger partial charge in [0.15, 0.2) is 0 Å². The lowest BCUT2D eigenvalue weighted by Gasteiger charge is -2.40. The number of ether oxygens (including phenoxy) is 1. The van der Waals surface area contributed by atoms with E-state index >= 15 is 0 Å². The van der Waals surface area contributed by atoms with Gasteiger partial charge in [-0.2, -0.15) is 13.2 Å². The Morgan fingerprint density at radius 2 is 1.90 bits per heavy atom. The summed E-state index contributed by atoms with van der Waals surface area (Å²) in [6.45, 7) is -0.172. The average molecular weight is 332 g/mol. The molecule has 21 heavy (non-hydrogen) atoms. The first-order valence-corrected chi connectivity index (χ1v) is 8.25. The Bertz CT molecular complexity index is 434. The summed E-state index contributed by atoms with van der Waals surface area (Å²) >= 11 is 0. The molecule has 0 aromatic rings. The van der Waals surface area contributed by atoms with E-state index in [1.54, 1.807) is 0 Å². The van der Waals surface area contributed by atoms with Crippen LogP contribution in [0.2, 0.25) is 0 Å². The van der Waals surface area contributed by atoms with Crippen LogP contribution in [0, 0.1) is 0 Å². The zero-order valence-electron chi connectivity index (χ0n) is 12.5. The molecule has 1 atom stereocenters. The van der Waals surface area contributed by atoms with Gasteiger partial charge in [0.1, 0.15) is 10.8 Å². The maximum Gasteiger partial charge on any atom is 0.404 e. The van der Waals surface area contributed by atoms with Crippen molar-refractivity contribution >= 4 is 10.0 Å². The lowest BCUT2D eigenvalue weighted by atomic mass is 9.85. The maximum atomic E-state index is 12.8. The summed E-state index contributed by atoms with van der Waals surface area (Å²) in [6.07, 6.45) is -2.96. The van der Waals surface area contributed by atoms with Gasteiger partial charge < -0.3 is 4.74 Å². The number of nitrogens with zero attached hydrogens (tertiary/aromatic N) is 1. The number of halogens is 3. The molecule has 1 fully saturated rings. The summed E-state index contributed by atoms with van der Waals surface area (Å²) in [5.41, 5.74) is 0. The summed E-state index contributed by atoms with van der Waals surface area (Å²) in [7, 11) is 0.392. The summed E-state index contributed by atoms with van der Waals surface area (Å²) in [4.78, 5) is 1.04. The monoisotopic (exact) mass is 332 g/mol. The predicted octanol–water partition coefficient (Wildman–Crippen LogP) is 1.36. The Kier molecular flexibility index (Phi) is 6.05. The second-order valence-corrected chi connectivity index (χ2v) is 7.84. The highest BCUT2D eigenvalue weighted by atomic mass is 32.2. The van der Waals surface area contributed by atoms with Gasteiger partial charge in [-0.3, -0.25) is 4.90 Å². The van der Waals surface area contributed by atoms with Gasteiger partial charge >= 0.3 is 6.18 Å². The molecule has 1 N–H and O–H groups in total. The Balaban J connectivity index is 2.61. The van der Waals surface area contributed by atoms with E-state index in [0.29, 0.717) is 12.8 Å². The highest BCUT2D eigenvalue weighted by Gasteiger charge is 2.49. The van der Waals surface area contributed by atoms with Crippen molar-refractivity contribution in [3.8, 4) is 0 Å². The first-order valence-electron chi connectivity index (χ1n) is 6.77. The van der Waals surface area contributed by atoms with E-state index in [4.69, 9.17) is 4.74 Å². The van der Waals surface area contributed by atoms with Crippen LogP contribution in [0.25, 0.3) is 0 Å². The molecule has 1 aliphatic carbocycles. The predicted molar refractivity (Wildman–Crippen MR) is 73.5 cm³/mol. The zero-order valence-corrected chi connectivity index (χ0v) is 13.4. The highest BCUT2D eigenvalue weighted by molar-refractivity contribution is 7.91. The number of methoxy groups -OCH3 is 1. The van der Waals surface area contributed by atoms with Crippen molar-refractivity contribution in [2.45, 2.75) is 42.6 Å². The van der Waals surface area contributed by atoms with E-state index < -0.39 is 27.0 Å². The standard InChI is InChI=1S/C12H23F3N2O3S/c1-17(2)10(12(13,14)15)5-8-16-21(18,19)11(9-20-3)6-4-7-11/h10,16H,4-9H2,1-3H3. The number of alkyl halides is 3. The highest BCUT2D eigenvalue weighted by Crippen LogP contribution is 2.39. The van der Waals surface area contributed by atoms with Gasteiger partial charge in [-0.1, -0.05) is 6.42 Å². The molecule has 0 radical (unpaired) electrons. The third-order valence-electron chi connectivity index (χ3n) is 3.95. The van der Waals surface area contributed by atoms with Crippen LogP contribution in [0.15, 0.2) is 0 Å². The van der Waals surface area contributed by atoms with Crippen LogP contribution in [-0.2, 0) is 14.8 Å². The van der Waals surface area contributed by atoms with E-state index in [9.17, 15) is 21.6 Å². The molecular weight excluding hydrogens is 309 g/mol. The third-order valence-corrected chi connectivity index (χ3v) is 6.20. The molecule has 0 saturated heterocycles. The second-order valence-electron chi connectivity index (χ2n) is 5.68. The summed E-state index contributed by atoms with van der Waals surface area (Å²) in [5.74, 6) is 0. The van der Waals surface area contributed by atoms with E-state index in [0.717, 1.165) is 11.3 Å². The van der Waals surface area contributed by atoms with Crippen molar-refractivity contribution in [1.29, 1.82) is 0 Å². The van der Waals surface area contributed by atoms with Gasteiger partial charge in [0.2, 0.25) is 10.0 Å². The molecule has 0 aliphatic heterocycles. The summed E-state index contributed by atoms with van der Waals surface area (Å²) in [5, 5.41) is 0. The van der Waals surface area contributed by atoms with Crippen LogP contribution in [0.4, 0.5) is 13.2 Å². The van der Waals surface area contributed by atoms with Crippen molar-refractivity contribution in [3.05, 3.63) is 0 Å². The molecule has 0 heterocycles. The molecule has 1 rings (SSSR count). The Labute approximate surface area is 123 Å². The molecule has 0 aromatic carbocycles. The number of rotatable bonds is 8. The largest absolute Gasteiger partial charge is 0.404 e. The van der Waals surface area contributed by atoms with Gasteiger partial charge in [0, 0.05) is 13.7 Å². The van der Waals surface area contributed by atoms with Crippen LogP contribution in [0.5, 0.6) is 0 Å².